The van der Waals surface area contributed by atoms with Crippen LogP contribution in [-0.4, -0.2) is 46.5 Å². The van der Waals surface area contributed by atoms with E-state index in [0.29, 0.717) is 32.4 Å². The number of nitrogens with two attached hydrogens (primary N) is 1. The molecule has 0 fully saturated rings. The molecular formula is C23H33N3O6S2. The highest BCUT2D eigenvalue weighted by Gasteiger charge is 2.28. The molecule has 0 radical (unpaired) electrons. The van der Waals surface area contributed by atoms with Crippen LogP contribution in [0, 0.1) is 5.92 Å². The van der Waals surface area contributed by atoms with Crippen molar-refractivity contribution in [3.63, 3.8) is 0 Å². The maximum Gasteiger partial charge on any atom is 0.410 e. The Morgan fingerprint density at radius 2 is 1.68 bits per heavy atom. The number of hydrogen-bond donors (Lipinski definition) is 3. The zero-order valence-corrected chi connectivity index (χ0v) is 21.3. The minimum Gasteiger partial charge on any atom is -0.465 e. The molecule has 0 saturated heterocycles. The second kappa shape index (κ2) is 13.3. The first-order valence-corrected chi connectivity index (χ1v) is 12.7. The number of carbonyl (C=O) groups is 3. The topological polar surface area (TPSA) is 131 Å². The normalized spacial score (nSPS) is 13.1. The maximum absolute atomic E-state index is 13.0. The van der Waals surface area contributed by atoms with Crippen molar-refractivity contribution in [2.24, 2.45) is 11.7 Å². The van der Waals surface area contributed by atoms with Crippen LogP contribution in [0.1, 0.15) is 49.8 Å². The van der Waals surface area contributed by atoms with Crippen LogP contribution in [0.3, 0.4) is 0 Å². The number of nitrogens with one attached hydrogen (secondary N) is 1. The van der Waals surface area contributed by atoms with Crippen LogP contribution in [0.15, 0.2) is 35.0 Å². The summed E-state index contributed by atoms with van der Waals surface area (Å²) in [6, 6.07) is 7.77. The van der Waals surface area contributed by atoms with Crippen molar-refractivity contribution >= 4 is 40.8 Å². The summed E-state index contributed by atoms with van der Waals surface area (Å²) in [4.78, 5) is 40.1. The first kappa shape index (κ1) is 27.6. The fraction of sp³-hybridized carbons (Fsp3) is 0.522. The number of hydrogen-bond acceptors (Lipinski definition) is 8. The van der Waals surface area contributed by atoms with Gasteiger partial charge in [0.1, 0.15) is 12.2 Å². The average molecular weight is 512 g/mol. The number of esters is 1. The van der Waals surface area contributed by atoms with Gasteiger partial charge in [-0.3, -0.25) is 9.69 Å². The van der Waals surface area contributed by atoms with Crippen molar-refractivity contribution < 1.29 is 29.0 Å². The Kier molecular flexibility index (Phi) is 10.8. The summed E-state index contributed by atoms with van der Waals surface area (Å²) in [6.45, 7) is 5.97. The van der Waals surface area contributed by atoms with Gasteiger partial charge in [0.05, 0.1) is 25.2 Å². The molecule has 4 N–H and O–H groups in total. The molecule has 9 nitrogen and oxygen atoms in total. The van der Waals surface area contributed by atoms with Gasteiger partial charge in [0.25, 0.3) is 0 Å². The quantitative estimate of drug-likeness (QED) is 0.280. The molecule has 2 heterocycles. The lowest BCUT2D eigenvalue weighted by Crippen LogP contribution is -2.40. The van der Waals surface area contributed by atoms with Crippen LogP contribution >= 0.6 is 22.7 Å². The number of thiophene rings is 2. The molecule has 1 unspecified atom stereocenters. The Morgan fingerprint density at radius 3 is 2.15 bits per heavy atom. The van der Waals surface area contributed by atoms with Crippen molar-refractivity contribution in [1.29, 1.82) is 0 Å². The van der Waals surface area contributed by atoms with E-state index < -0.39 is 35.8 Å². The van der Waals surface area contributed by atoms with E-state index in [-0.39, 0.29) is 6.61 Å². The molecule has 0 spiro atoms. The van der Waals surface area contributed by atoms with Gasteiger partial charge in [-0.2, -0.15) is 0 Å². The first-order chi connectivity index (χ1) is 16.0. The highest BCUT2D eigenvalue weighted by molar-refractivity contribution is 7.10. The molecule has 188 valence electrons. The van der Waals surface area contributed by atoms with E-state index in [1.807, 2.05) is 35.0 Å². The highest BCUT2D eigenvalue weighted by atomic mass is 32.1. The lowest BCUT2D eigenvalue weighted by Gasteiger charge is -2.26. The molecule has 0 aliphatic heterocycles. The summed E-state index contributed by atoms with van der Waals surface area (Å²) in [5, 5.41) is 14.8. The van der Waals surface area contributed by atoms with Crippen molar-refractivity contribution in [2.75, 3.05) is 6.61 Å². The molecule has 2 aromatic rings. The molecule has 2 atom stereocenters. The third-order valence-corrected chi connectivity index (χ3v) is 6.36. The van der Waals surface area contributed by atoms with Gasteiger partial charge in [0.15, 0.2) is 0 Å². The second-order valence-electron chi connectivity index (χ2n) is 8.81. The predicted molar refractivity (Wildman–Crippen MR) is 132 cm³/mol. The summed E-state index contributed by atoms with van der Waals surface area (Å²) in [5.74, 6) is -1.16. The molecule has 2 rings (SSSR count). The van der Waals surface area contributed by atoms with Gasteiger partial charge >= 0.3 is 18.2 Å². The number of carboxylic acid groups (broad SMARTS) is 1. The van der Waals surface area contributed by atoms with Gasteiger partial charge in [-0.25, -0.2) is 9.59 Å². The number of amides is 2. The molecule has 2 amide bonds. The van der Waals surface area contributed by atoms with Gasteiger partial charge in [0, 0.05) is 9.75 Å². The number of ether oxygens (including phenoxy) is 2. The Hall–Kier alpha value is -2.63. The fourth-order valence-electron chi connectivity index (χ4n) is 3.10. The van der Waals surface area contributed by atoms with Gasteiger partial charge in [-0.05, 0) is 62.9 Å². The van der Waals surface area contributed by atoms with Crippen molar-refractivity contribution in [3.8, 4) is 0 Å². The van der Waals surface area contributed by atoms with E-state index in [9.17, 15) is 14.4 Å². The van der Waals surface area contributed by atoms with Crippen molar-refractivity contribution in [3.05, 3.63) is 44.8 Å². The third-order valence-electron chi connectivity index (χ3n) is 4.64. The summed E-state index contributed by atoms with van der Waals surface area (Å²) in [5.41, 5.74) is 5.04. The van der Waals surface area contributed by atoms with Crippen LogP contribution in [0.5, 0.6) is 0 Å². The van der Waals surface area contributed by atoms with Crippen LogP contribution < -0.4 is 11.1 Å². The van der Waals surface area contributed by atoms with Crippen LogP contribution in [-0.2, 0) is 27.4 Å². The van der Waals surface area contributed by atoms with Crippen molar-refractivity contribution in [2.45, 2.75) is 64.9 Å². The van der Waals surface area contributed by atoms with Gasteiger partial charge < -0.3 is 25.6 Å². The lowest BCUT2D eigenvalue weighted by atomic mass is 10.0. The maximum atomic E-state index is 13.0. The molecule has 0 aromatic carbocycles. The monoisotopic (exact) mass is 511 g/mol. The molecule has 0 bridgehead atoms. The van der Waals surface area contributed by atoms with Gasteiger partial charge in [-0.15, -0.1) is 22.7 Å². The molecular weight excluding hydrogens is 478 g/mol. The van der Waals surface area contributed by atoms with E-state index in [1.54, 1.807) is 48.3 Å². The SMILES string of the molecule is CC(C)(C)OC(=O)[C@@H](CCCC(N)NC(=O)O)COC(=O)N(Cc1cccs1)Cc1cccs1. The standard InChI is InChI=1S/C23H33N3O6S2/c1-23(2,3)32-20(27)16(7-4-10-19(24)25-21(28)29)15-31-22(30)26(13-17-8-5-11-33-17)14-18-9-6-12-34-18/h5-6,8-9,11-12,16,19,25H,4,7,10,13-15,24H2,1-3H3,(H,28,29)/t16-,19?/m0/s1. The smallest absolute Gasteiger partial charge is 0.410 e. The summed E-state index contributed by atoms with van der Waals surface area (Å²) in [7, 11) is 0. The number of nitrogens with zero attached hydrogens (tertiary/aromatic N) is 1. The molecule has 0 saturated carbocycles. The van der Waals surface area contributed by atoms with E-state index in [0.717, 1.165) is 9.75 Å². The molecule has 34 heavy (non-hydrogen) atoms. The first-order valence-electron chi connectivity index (χ1n) is 11.0. The Labute approximate surface area is 207 Å². The third kappa shape index (κ3) is 10.5. The van der Waals surface area contributed by atoms with E-state index in [4.69, 9.17) is 20.3 Å². The molecule has 11 heteroatoms. The Morgan fingerprint density at radius 1 is 1.09 bits per heavy atom. The number of rotatable bonds is 12. The minimum absolute atomic E-state index is 0.138. The Bertz CT molecular complexity index is 860. The van der Waals surface area contributed by atoms with Gasteiger partial charge in [-0.1, -0.05) is 12.1 Å². The number of carbonyl (C=O) groups excluding carboxylic acids is 2. The largest absolute Gasteiger partial charge is 0.465 e. The average Bonchev–Trinajstić information content (AvgIpc) is 3.42. The highest BCUT2D eigenvalue weighted by Crippen LogP contribution is 2.20. The summed E-state index contributed by atoms with van der Waals surface area (Å²) in [6.07, 6.45) is -1.33. The summed E-state index contributed by atoms with van der Waals surface area (Å²) >= 11 is 3.11. The minimum atomic E-state index is -1.21. The molecule has 0 aliphatic rings. The van der Waals surface area contributed by atoms with E-state index in [2.05, 4.69) is 5.32 Å². The Balaban J connectivity index is 2.01. The van der Waals surface area contributed by atoms with Crippen LogP contribution in [0.2, 0.25) is 0 Å². The predicted octanol–water partition coefficient (Wildman–Crippen LogP) is 4.63. The van der Waals surface area contributed by atoms with Crippen molar-refractivity contribution in [1.82, 2.24) is 10.2 Å². The van der Waals surface area contributed by atoms with E-state index in [1.165, 1.54) is 0 Å². The second-order valence-corrected chi connectivity index (χ2v) is 10.9. The molecule has 0 aliphatic carbocycles. The fourth-order valence-corrected chi connectivity index (χ4v) is 4.54. The lowest BCUT2D eigenvalue weighted by molar-refractivity contribution is -0.161. The zero-order valence-electron chi connectivity index (χ0n) is 19.7. The van der Waals surface area contributed by atoms with Crippen LogP contribution in [0.4, 0.5) is 9.59 Å². The van der Waals surface area contributed by atoms with Crippen LogP contribution in [0.25, 0.3) is 0 Å². The zero-order chi connectivity index (χ0) is 25.1. The summed E-state index contributed by atoms with van der Waals surface area (Å²) < 4.78 is 11.1. The molecule has 2 aromatic heterocycles. The van der Waals surface area contributed by atoms with E-state index >= 15 is 0 Å². The van der Waals surface area contributed by atoms with Gasteiger partial charge in [0.2, 0.25) is 0 Å².